The molecule has 4 nitrogen and oxygen atoms in total. The highest BCUT2D eigenvalue weighted by molar-refractivity contribution is 6.30. The Morgan fingerprint density at radius 1 is 1.35 bits per heavy atom. The van der Waals surface area contributed by atoms with Gasteiger partial charge in [0.1, 0.15) is 5.69 Å². The minimum Gasteiger partial charge on any atom is -0.393 e. The minimum atomic E-state index is -0.212. The first-order valence-corrected chi connectivity index (χ1v) is 5.86. The molecule has 1 aromatic carbocycles. The standard InChI is InChI=1S/C12H14ClN3O/c1-2-3-10-11(14)12(17)16(15-10)9-6-4-8(13)5-7-9/h4-7,15H,2-3,14H2,1H3. The first-order valence-electron chi connectivity index (χ1n) is 5.48. The highest BCUT2D eigenvalue weighted by atomic mass is 35.5. The molecule has 17 heavy (non-hydrogen) atoms. The van der Waals surface area contributed by atoms with Crippen LogP contribution in [0.4, 0.5) is 5.69 Å². The number of rotatable bonds is 3. The number of halogens is 1. The maximum atomic E-state index is 11.9. The van der Waals surface area contributed by atoms with Crippen LogP contribution in [0.25, 0.3) is 5.69 Å². The molecule has 0 saturated carbocycles. The van der Waals surface area contributed by atoms with Crippen molar-refractivity contribution in [3.63, 3.8) is 0 Å². The molecule has 1 aromatic heterocycles. The molecule has 0 radical (unpaired) electrons. The predicted molar refractivity (Wildman–Crippen MR) is 69.8 cm³/mol. The van der Waals surface area contributed by atoms with Gasteiger partial charge in [0.25, 0.3) is 5.56 Å². The molecule has 0 aliphatic rings. The van der Waals surface area contributed by atoms with Gasteiger partial charge in [-0.25, -0.2) is 4.68 Å². The van der Waals surface area contributed by atoms with Crippen LogP contribution in [0.1, 0.15) is 19.0 Å². The van der Waals surface area contributed by atoms with Crippen LogP contribution in [0.15, 0.2) is 29.1 Å². The first-order chi connectivity index (χ1) is 8.13. The van der Waals surface area contributed by atoms with E-state index in [2.05, 4.69) is 5.10 Å². The largest absolute Gasteiger partial charge is 0.393 e. The number of nitrogens with two attached hydrogens (primary N) is 1. The molecule has 0 aliphatic carbocycles. The summed E-state index contributed by atoms with van der Waals surface area (Å²) in [5.74, 6) is 0. The van der Waals surface area contributed by atoms with Gasteiger partial charge in [-0.05, 0) is 30.7 Å². The van der Waals surface area contributed by atoms with E-state index in [0.717, 1.165) is 24.2 Å². The van der Waals surface area contributed by atoms with Crippen molar-refractivity contribution in [2.24, 2.45) is 0 Å². The topological polar surface area (TPSA) is 63.8 Å². The number of hydrogen-bond donors (Lipinski definition) is 2. The molecule has 0 aliphatic heterocycles. The smallest absolute Gasteiger partial charge is 0.294 e. The summed E-state index contributed by atoms with van der Waals surface area (Å²) >= 11 is 5.80. The summed E-state index contributed by atoms with van der Waals surface area (Å²) in [6.45, 7) is 2.04. The maximum Gasteiger partial charge on any atom is 0.294 e. The Labute approximate surface area is 104 Å². The normalized spacial score (nSPS) is 10.7. The summed E-state index contributed by atoms with van der Waals surface area (Å²) in [4.78, 5) is 11.9. The van der Waals surface area contributed by atoms with Crippen LogP contribution in [0.3, 0.4) is 0 Å². The van der Waals surface area contributed by atoms with Gasteiger partial charge < -0.3 is 5.73 Å². The molecule has 1 heterocycles. The zero-order valence-electron chi connectivity index (χ0n) is 9.53. The number of H-pyrrole nitrogens is 1. The second-order valence-electron chi connectivity index (χ2n) is 3.87. The summed E-state index contributed by atoms with van der Waals surface area (Å²) in [6, 6.07) is 7.02. The number of nitrogens with zero attached hydrogens (tertiary/aromatic N) is 1. The number of anilines is 1. The van der Waals surface area contributed by atoms with Crippen LogP contribution < -0.4 is 11.3 Å². The first kappa shape index (κ1) is 11.8. The number of hydrogen-bond acceptors (Lipinski definition) is 2. The molecule has 90 valence electrons. The molecule has 0 bridgehead atoms. The maximum absolute atomic E-state index is 11.9. The number of aromatic amines is 1. The van der Waals surface area contributed by atoms with Crippen LogP contribution in [0.2, 0.25) is 5.02 Å². The molecular formula is C12H14ClN3O. The minimum absolute atomic E-state index is 0.212. The van der Waals surface area contributed by atoms with Crippen molar-refractivity contribution in [2.45, 2.75) is 19.8 Å². The van der Waals surface area contributed by atoms with Gasteiger partial charge in [-0.1, -0.05) is 24.9 Å². The van der Waals surface area contributed by atoms with Crippen molar-refractivity contribution < 1.29 is 0 Å². The van der Waals surface area contributed by atoms with Crippen LogP contribution in [0, 0.1) is 0 Å². The Balaban J connectivity index is 2.49. The van der Waals surface area contributed by atoms with Crippen molar-refractivity contribution in [3.05, 3.63) is 45.3 Å². The lowest BCUT2D eigenvalue weighted by Gasteiger charge is -2.01. The van der Waals surface area contributed by atoms with Crippen molar-refractivity contribution in [1.82, 2.24) is 9.78 Å². The fraction of sp³-hybridized carbons (Fsp3) is 0.250. The second-order valence-corrected chi connectivity index (χ2v) is 4.31. The van der Waals surface area contributed by atoms with E-state index in [9.17, 15) is 4.79 Å². The van der Waals surface area contributed by atoms with Crippen LogP contribution in [0.5, 0.6) is 0 Å². The molecule has 3 N–H and O–H groups in total. The lowest BCUT2D eigenvalue weighted by molar-refractivity contribution is 0.794. The molecule has 2 aromatic rings. The third-order valence-corrected chi connectivity index (χ3v) is 2.84. The van der Waals surface area contributed by atoms with Gasteiger partial charge in [0.05, 0.1) is 11.4 Å². The average Bonchev–Trinajstić information content (AvgIpc) is 2.59. The Morgan fingerprint density at radius 3 is 2.59 bits per heavy atom. The average molecular weight is 252 g/mol. The summed E-state index contributed by atoms with van der Waals surface area (Å²) in [6.07, 6.45) is 1.70. The van der Waals surface area contributed by atoms with Gasteiger partial charge in [0, 0.05) is 5.02 Å². The zero-order valence-corrected chi connectivity index (χ0v) is 10.3. The van der Waals surface area contributed by atoms with Crippen molar-refractivity contribution >= 4 is 17.3 Å². The summed E-state index contributed by atoms with van der Waals surface area (Å²) < 4.78 is 1.44. The van der Waals surface area contributed by atoms with Gasteiger partial charge in [-0.3, -0.25) is 9.89 Å². The highest BCUT2D eigenvalue weighted by Crippen LogP contribution is 2.14. The second kappa shape index (κ2) is 4.67. The molecule has 0 fully saturated rings. The van der Waals surface area contributed by atoms with E-state index in [4.69, 9.17) is 17.3 Å². The molecule has 0 unspecified atom stereocenters. The monoisotopic (exact) mass is 251 g/mol. The molecular weight excluding hydrogens is 238 g/mol. The Hall–Kier alpha value is -1.68. The van der Waals surface area contributed by atoms with Crippen molar-refractivity contribution in [2.75, 3.05) is 5.73 Å². The van der Waals surface area contributed by atoms with Gasteiger partial charge in [-0.15, -0.1) is 0 Å². The van der Waals surface area contributed by atoms with E-state index in [0.29, 0.717) is 10.7 Å². The van der Waals surface area contributed by atoms with Gasteiger partial charge in [0.2, 0.25) is 0 Å². The number of aryl methyl sites for hydroxylation is 1. The van der Waals surface area contributed by atoms with Crippen LogP contribution in [-0.2, 0) is 6.42 Å². The van der Waals surface area contributed by atoms with Gasteiger partial charge in [-0.2, -0.15) is 0 Å². The zero-order chi connectivity index (χ0) is 12.4. The predicted octanol–water partition coefficient (Wildman–Crippen LogP) is 2.35. The summed E-state index contributed by atoms with van der Waals surface area (Å²) in [5, 5.41) is 3.66. The molecule has 0 saturated heterocycles. The third kappa shape index (κ3) is 2.22. The fourth-order valence-electron chi connectivity index (χ4n) is 1.71. The van der Waals surface area contributed by atoms with Crippen molar-refractivity contribution in [3.8, 4) is 5.69 Å². The third-order valence-electron chi connectivity index (χ3n) is 2.59. The lowest BCUT2D eigenvalue weighted by Crippen LogP contribution is -2.16. The molecule has 5 heteroatoms. The van der Waals surface area contributed by atoms with E-state index in [-0.39, 0.29) is 5.56 Å². The summed E-state index contributed by atoms with van der Waals surface area (Å²) in [5.41, 5.74) is 7.36. The number of benzene rings is 1. The fourth-order valence-corrected chi connectivity index (χ4v) is 1.83. The molecule has 0 atom stereocenters. The summed E-state index contributed by atoms with van der Waals surface area (Å²) in [7, 11) is 0. The quantitative estimate of drug-likeness (QED) is 0.880. The lowest BCUT2D eigenvalue weighted by atomic mass is 10.2. The SMILES string of the molecule is CCCc1[nH]n(-c2ccc(Cl)cc2)c(=O)c1N. The van der Waals surface area contributed by atoms with E-state index >= 15 is 0 Å². The van der Waals surface area contributed by atoms with E-state index in [1.807, 2.05) is 6.92 Å². The van der Waals surface area contributed by atoms with Crippen LogP contribution in [-0.4, -0.2) is 9.78 Å². The molecule has 0 amide bonds. The number of nitrogen functional groups attached to an aromatic ring is 1. The van der Waals surface area contributed by atoms with Gasteiger partial charge in [0.15, 0.2) is 0 Å². The Morgan fingerprint density at radius 2 is 2.00 bits per heavy atom. The molecule has 0 spiro atoms. The van der Waals surface area contributed by atoms with Crippen LogP contribution >= 0.6 is 11.6 Å². The van der Waals surface area contributed by atoms with E-state index in [1.165, 1.54) is 4.68 Å². The highest BCUT2D eigenvalue weighted by Gasteiger charge is 2.11. The molecule has 2 rings (SSSR count). The van der Waals surface area contributed by atoms with Gasteiger partial charge >= 0.3 is 0 Å². The Kier molecular flexibility index (Phi) is 3.24. The van der Waals surface area contributed by atoms with E-state index in [1.54, 1.807) is 24.3 Å². The van der Waals surface area contributed by atoms with Crippen molar-refractivity contribution in [1.29, 1.82) is 0 Å². The number of aromatic nitrogens is 2. The number of nitrogens with one attached hydrogen (secondary N) is 1. The Bertz CT molecular complexity index is 568. The van der Waals surface area contributed by atoms with E-state index < -0.39 is 0 Å².